The Kier molecular flexibility index (Phi) is 5.78. The molecule has 2 heterocycles. The number of para-hydroxylation sites is 2. The summed E-state index contributed by atoms with van der Waals surface area (Å²) in [7, 11) is 4.51. The van der Waals surface area contributed by atoms with Crippen molar-refractivity contribution >= 4 is 22.6 Å². The first kappa shape index (κ1) is 22.3. The van der Waals surface area contributed by atoms with E-state index in [2.05, 4.69) is 5.32 Å². The van der Waals surface area contributed by atoms with E-state index in [4.69, 9.17) is 23.4 Å². The summed E-state index contributed by atoms with van der Waals surface area (Å²) in [5.74, 6) is 0.306. The number of carbonyl (C=O) groups excluding carboxylic acids is 1. The molecular weight excluding hydrogens is 450 g/mol. The maximum Gasteiger partial charge on any atom is 0.344 e. The first-order valence-electron chi connectivity index (χ1n) is 10.9. The summed E-state index contributed by atoms with van der Waals surface area (Å²) in [5.41, 5.74) is 1.24. The number of benzene rings is 3. The number of hydrogen-bond donors (Lipinski definition) is 1. The van der Waals surface area contributed by atoms with Gasteiger partial charge in [0.1, 0.15) is 11.3 Å². The minimum atomic E-state index is -1.05. The summed E-state index contributed by atoms with van der Waals surface area (Å²) in [5, 5.41) is 3.49. The Balaban J connectivity index is 1.70. The molecule has 0 saturated heterocycles. The number of ether oxygens (including phenoxy) is 4. The van der Waals surface area contributed by atoms with Gasteiger partial charge in [-0.25, -0.2) is 4.79 Å². The van der Waals surface area contributed by atoms with Crippen LogP contribution in [0.15, 0.2) is 75.9 Å². The fraction of sp³-hybridized carbons (Fsp3) is 0.185. The summed E-state index contributed by atoms with van der Waals surface area (Å²) >= 11 is 0. The van der Waals surface area contributed by atoms with E-state index in [1.165, 1.54) is 21.3 Å². The predicted octanol–water partition coefficient (Wildman–Crippen LogP) is 4.35. The molecule has 0 saturated carbocycles. The SMILES string of the molecule is COc1cc([C@H]2c3c(c4ccccc4oc3=O)O[C@H]2C(=O)Nc2ccccc2)cc(OC)c1OC. The number of rotatable bonds is 6. The highest BCUT2D eigenvalue weighted by atomic mass is 16.5. The van der Waals surface area contributed by atoms with Crippen LogP contribution in [0.5, 0.6) is 23.0 Å². The molecule has 1 aliphatic heterocycles. The van der Waals surface area contributed by atoms with Crippen molar-refractivity contribution in [1.29, 1.82) is 0 Å². The van der Waals surface area contributed by atoms with E-state index < -0.39 is 23.6 Å². The van der Waals surface area contributed by atoms with Crippen molar-refractivity contribution in [2.24, 2.45) is 0 Å². The topological polar surface area (TPSA) is 96.2 Å². The molecule has 3 aromatic carbocycles. The fourth-order valence-electron chi connectivity index (χ4n) is 4.44. The zero-order valence-electron chi connectivity index (χ0n) is 19.4. The van der Waals surface area contributed by atoms with Crippen LogP contribution in [0.1, 0.15) is 17.0 Å². The average molecular weight is 473 g/mol. The molecule has 0 aliphatic carbocycles. The molecule has 8 heteroatoms. The number of carbonyl (C=O) groups is 1. The smallest absolute Gasteiger partial charge is 0.344 e. The van der Waals surface area contributed by atoms with Gasteiger partial charge >= 0.3 is 5.63 Å². The van der Waals surface area contributed by atoms with E-state index in [0.29, 0.717) is 45.2 Å². The van der Waals surface area contributed by atoms with Gasteiger partial charge in [0.2, 0.25) is 5.75 Å². The summed E-state index contributed by atoms with van der Waals surface area (Å²) in [6, 6.07) is 19.5. The molecular formula is C27H23NO7. The van der Waals surface area contributed by atoms with E-state index in [9.17, 15) is 9.59 Å². The fourth-order valence-corrected chi connectivity index (χ4v) is 4.44. The van der Waals surface area contributed by atoms with Crippen molar-refractivity contribution in [3.05, 3.63) is 88.3 Å². The highest BCUT2D eigenvalue weighted by Gasteiger charge is 2.45. The zero-order chi connectivity index (χ0) is 24.5. The molecule has 4 aromatic rings. The number of hydrogen-bond acceptors (Lipinski definition) is 7. The Hall–Kier alpha value is -4.46. The molecule has 1 aliphatic rings. The number of methoxy groups -OCH3 is 3. The van der Waals surface area contributed by atoms with Gasteiger partial charge in [-0.05, 0) is 42.0 Å². The molecule has 5 rings (SSSR count). The largest absolute Gasteiger partial charge is 0.493 e. The molecule has 0 unspecified atom stereocenters. The van der Waals surface area contributed by atoms with Crippen molar-refractivity contribution < 1.29 is 28.2 Å². The Morgan fingerprint density at radius 1 is 0.886 bits per heavy atom. The Bertz CT molecular complexity index is 1440. The third kappa shape index (κ3) is 3.82. The van der Waals surface area contributed by atoms with Crippen LogP contribution >= 0.6 is 0 Å². The van der Waals surface area contributed by atoms with Crippen LogP contribution < -0.4 is 29.9 Å². The first-order valence-corrected chi connectivity index (χ1v) is 10.9. The molecule has 1 amide bonds. The van der Waals surface area contributed by atoms with Crippen molar-refractivity contribution in [2.45, 2.75) is 12.0 Å². The third-order valence-corrected chi connectivity index (χ3v) is 6.00. The Labute approximate surface area is 201 Å². The lowest BCUT2D eigenvalue weighted by Crippen LogP contribution is -2.35. The maximum absolute atomic E-state index is 13.5. The summed E-state index contributed by atoms with van der Waals surface area (Å²) in [6.07, 6.45) is -1.05. The summed E-state index contributed by atoms with van der Waals surface area (Å²) in [4.78, 5) is 26.7. The van der Waals surface area contributed by atoms with Crippen LogP contribution in [-0.4, -0.2) is 33.3 Å². The minimum Gasteiger partial charge on any atom is -0.493 e. The molecule has 35 heavy (non-hydrogen) atoms. The molecule has 0 bridgehead atoms. The van der Waals surface area contributed by atoms with E-state index in [1.807, 2.05) is 24.3 Å². The molecule has 0 fully saturated rings. The Morgan fingerprint density at radius 3 is 2.20 bits per heavy atom. The minimum absolute atomic E-state index is 0.256. The second kappa shape index (κ2) is 9.06. The molecule has 8 nitrogen and oxygen atoms in total. The third-order valence-electron chi connectivity index (χ3n) is 6.00. The van der Waals surface area contributed by atoms with Gasteiger partial charge in [-0.15, -0.1) is 0 Å². The standard InChI is InChI=1S/C27H23NO7/c1-31-19-13-15(14-20(32-2)24(19)33-3)21-22-23(17-11-7-8-12-18(17)34-27(22)30)35-25(21)26(29)28-16-9-5-4-6-10-16/h4-14,21,25H,1-3H3,(H,28,29)/t21-,25+/m0/s1. The number of fused-ring (bicyclic) bond motifs is 3. The van der Waals surface area contributed by atoms with Crippen molar-refractivity contribution in [1.82, 2.24) is 0 Å². The van der Waals surface area contributed by atoms with E-state index in [1.54, 1.807) is 42.5 Å². The van der Waals surface area contributed by atoms with Crippen molar-refractivity contribution in [3.63, 3.8) is 0 Å². The summed E-state index contributed by atoms with van der Waals surface area (Å²) < 4.78 is 28.3. The second-order valence-corrected chi connectivity index (χ2v) is 7.96. The second-order valence-electron chi connectivity index (χ2n) is 7.96. The van der Waals surface area contributed by atoms with Crippen molar-refractivity contribution in [2.75, 3.05) is 26.6 Å². The molecule has 178 valence electrons. The van der Waals surface area contributed by atoms with Gasteiger partial charge in [0.25, 0.3) is 5.91 Å². The van der Waals surface area contributed by atoms with Crippen LogP contribution in [0.25, 0.3) is 11.0 Å². The average Bonchev–Trinajstić information content (AvgIpc) is 3.30. The quantitative estimate of drug-likeness (QED) is 0.416. The van der Waals surface area contributed by atoms with E-state index in [-0.39, 0.29) is 5.56 Å². The van der Waals surface area contributed by atoms with Gasteiger partial charge in [-0.1, -0.05) is 30.3 Å². The number of anilines is 1. The van der Waals surface area contributed by atoms with E-state index in [0.717, 1.165) is 0 Å². The molecule has 2 atom stereocenters. The van der Waals surface area contributed by atoms with Crippen LogP contribution in [0.2, 0.25) is 0 Å². The van der Waals surface area contributed by atoms with Gasteiger partial charge in [0, 0.05) is 5.69 Å². The maximum atomic E-state index is 13.5. The monoisotopic (exact) mass is 473 g/mol. The molecule has 1 aromatic heterocycles. The first-order chi connectivity index (χ1) is 17.0. The number of nitrogens with one attached hydrogen (secondary N) is 1. The highest BCUT2D eigenvalue weighted by Crippen LogP contribution is 2.48. The lowest BCUT2D eigenvalue weighted by molar-refractivity contribution is -0.122. The molecule has 1 N–H and O–H groups in total. The van der Waals surface area contributed by atoms with Gasteiger partial charge < -0.3 is 28.7 Å². The lowest BCUT2D eigenvalue weighted by Gasteiger charge is -2.21. The lowest BCUT2D eigenvalue weighted by atomic mass is 9.87. The number of amides is 1. The van der Waals surface area contributed by atoms with Gasteiger partial charge in [0.15, 0.2) is 17.6 Å². The Morgan fingerprint density at radius 2 is 1.54 bits per heavy atom. The highest BCUT2D eigenvalue weighted by molar-refractivity contribution is 5.97. The van der Waals surface area contributed by atoms with Crippen molar-refractivity contribution in [3.8, 4) is 23.0 Å². The van der Waals surface area contributed by atoms with Crippen LogP contribution in [0.3, 0.4) is 0 Å². The zero-order valence-corrected chi connectivity index (χ0v) is 19.4. The van der Waals surface area contributed by atoms with Crippen LogP contribution in [-0.2, 0) is 4.79 Å². The van der Waals surface area contributed by atoms with Crippen LogP contribution in [0.4, 0.5) is 5.69 Å². The van der Waals surface area contributed by atoms with Gasteiger partial charge in [0.05, 0.1) is 38.2 Å². The molecule has 0 radical (unpaired) electrons. The van der Waals surface area contributed by atoms with E-state index >= 15 is 0 Å². The van der Waals surface area contributed by atoms with Gasteiger partial charge in [-0.2, -0.15) is 0 Å². The molecule has 0 spiro atoms. The predicted molar refractivity (Wildman–Crippen MR) is 130 cm³/mol. The summed E-state index contributed by atoms with van der Waals surface area (Å²) in [6.45, 7) is 0. The van der Waals surface area contributed by atoms with Crippen LogP contribution in [0, 0.1) is 0 Å². The normalized spacial score (nSPS) is 16.3. The van der Waals surface area contributed by atoms with Gasteiger partial charge in [-0.3, -0.25) is 4.79 Å².